The maximum atomic E-state index is 11.2. The molecule has 3 N–H and O–H groups in total. The van der Waals surface area contributed by atoms with Gasteiger partial charge in [-0.2, -0.15) is 0 Å². The number of aliphatic carboxylic acids is 1. The maximum absolute atomic E-state index is 11.2. The number of carboxylic acids is 1. The van der Waals surface area contributed by atoms with Crippen LogP contribution in [-0.2, 0) is 9.59 Å². The molecule has 86 valence electrons. The Balaban J connectivity index is 2.59. The summed E-state index contributed by atoms with van der Waals surface area (Å²) in [6.07, 6.45) is -0.391. The van der Waals surface area contributed by atoms with Crippen LogP contribution in [0.2, 0.25) is 5.02 Å². The summed E-state index contributed by atoms with van der Waals surface area (Å²) in [5.74, 6) is -1.67. The van der Waals surface area contributed by atoms with E-state index in [0.29, 0.717) is 5.02 Å². The predicted molar refractivity (Wildman–Crippen MR) is 58.6 cm³/mol. The SMILES string of the molecule is O=C(O)CCC(=O)Nc1ccc(Cl)cc1O. The number of rotatable bonds is 4. The number of carbonyl (C=O) groups is 2. The number of phenols is 1. The molecule has 0 aromatic heterocycles. The monoisotopic (exact) mass is 243 g/mol. The Bertz CT molecular complexity index is 419. The van der Waals surface area contributed by atoms with E-state index >= 15 is 0 Å². The quantitative estimate of drug-likeness (QED) is 0.705. The average Bonchev–Trinajstić information content (AvgIpc) is 2.19. The van der Waals surface area contributed by atoms with Crippen LogP contribution in [0.1, 0.15) is 12.8 Å². The van der Waals surface area contributed by atoms with E-state index in [2.05, 4.69) is 5.32 Å². The average molecular weight is 244 g/mol. The van der Waals surface area contributed by atoms with Gasteiger partial charge >= 0.3 is 5.97 Å². The molecule has 0 saturated heterocycles. The molecule has 1 rings (SSSR count). The van der Waals surface area contributed by atoms with Crippen molar-refractivity contribution in [2.75, 3.05) is 5.32 Å². The molecule has 16 heavy (non-hydrogen) atoms. The number of carbonyl (C=O) groups excluding carboxylic acids is 1. The third-order valence-electron chi connectivity index (χ3n) is 1.80. The Morgan fingerprint density at radius 1 is 1.31 bits per heavy atom. The van der Waals surface area contributed by atoms with Crippen LogP contribution in [0.3, 0.4) is 0 Å². The Hall–Kier alpha value is -1.75. The van der Waals surface area contributed by atoms with Crippen LogP contribution < -0.4 is 5.32 Å². The third-order valence-corrected chi connectivity index (χ3v) is 2.03. The number of hydrogen-bond acceptors (Lipinski definition) is 3. The van der Waals surface area contributed by atoms with Crippen molar-refractivity contribution in [2.24, 2.45) is 0 Å². The number of nitrogens with one attached hydrogen (secondary N) is 1. The van der Waals surface area contributed by atoms with Gasteiger partial charge in [-0.1, -0.05) is 11.6 Å². The summed E-state index contributed by atoms with van der Waals surface area (Å²) in [6.45, 7) is 0. The van der Waals surface area contributed by atoms with Crippen LogP contribution in [0, 0.1) is 0 Å². The van der Waals surface area contributed by atoms with E-state index in [1.807, 2.05) is 0 Å². The lowest BCUT2D eigenvalue weighted by atomic mass is 10.2. The van der Waals surface area contributed by atoms with Crippen LogP contribution >= 0.6 is 11.6 Å². The number of benzene rings is 1. The summed E-state index contributed by atoms with van der Waals surface area (Å²) in [6, 6.07) is 4.23. The molecule has 0 atom stereocenters. The fraction of sp³-hybridized carbons (Fsp3) is 0.200. The minimum atomic E-state index is -1.05. The molecular formula is C10H10ClNO4. The van der Waals surface area contributed by atoms with Crippen molar-refractivity contribution in [1.29, 1.82) is 0 Å². The number of carboxylic acid groups (broad SMARTS) is 1. The Labute approximate surface area is 96.7 Å². The molecule has 0 spiro atoms. The van der Waals surface area contributed by atoms with Crippen LogP contribution in [0.5, 0.6) is 5.75 Å². The van der Waals surface area contributed by atoms with E-state index in [1.165, 1.54) is 18.2 Å². The van der Waals surface area contributed by atoms with Crippen molar-refractivity contribution >= 4 is 29.2 Å². The molecule has 0 unspecified atom stereocenters. The molecule has 0 fully saturated rings. The summed E-state index contributed by atoms with van der Waals surface area (Å²) in [4.78, 5) is 21.5. The molecule has 6 heteroatoms. The number of aromatic hydroxyl groups is 1. The Kier molecular flexibility index (Phi) is 4.13. The van der Waals surface area contributed by atoms with Crippen molar-refractivity contribution in [1.82, 2.24) is 0 Å². The van der Waals surface area contributed by atoms with Crippen LogP contribution in [0.4, 0.5) is 5.69 Å². The van der Waals surface area contributed by atoms with Gasteiger partial charge in [-0.25, -0.2) is 0 Å². The second-order valence-electron chi connectivity index (χ2n) is 3.10. The topological polar surface area (TPSA) is 86.6 Å². The van der Waals surface area contributed by atoms with Crippen LogP contribution in [0.15, 0.2) is 18.2 Å². The summed E-state index contributed by atoms with van der Waals surface area (Å²) < 4.78 is 0. The molecule has 0 heterocycles. The molecule has 0 saturated carbocycles. The molecule has 1 amide bonds. The first-order chi connectivity index (χ1) is 7.49. The van der Waals surface area contributed by atoms with E-state index in [4.69, 9.17) is 16.7 Å². The number of amides is 1. The molecule has 0 radical (unpaired) electrons. The fourth-order valence-electron chi connectivity index (χ4n) is 1.04. The minimum absolute atomic E-state index is 0.141. The first-order valence-electron chi connectivity index (χ1n) is 4.49. The highest BCUT2D eigenvalue weighted by atomic mass is 35.5. The highest BCUT2D eigenvalue weighted by Crippen LogP contribution is 2.26. The second-order valence-corrected chi connectivity index (χ2v) is 3.54. The molecule has 1 aromatic carbocycles. The molecule has 0 aliphatic carbocycles. The van der Waals surface area contributed by atoms with Gasteiger partial charge in [0.25, 0.3) is 0 Å². The zero-order valence-electron chi connectivity index (χ0n) is 8.24. The van der Waals surface area contributed by atoms with Crippen molar-refractivity contribution in [3.8, 4) is 5.75 Å². The Morgan fingerprint density at radius 2 is 2.00 bits per heavy atom. The van der Waals surface area contributed by atoms with E-state index in [1.54, 1.807) is 0 Å². The third kappa shape index (κ3) is 3.78. The molecule has 0 aliphatic heterocycles. The first-order valence-corrected chi connectivity index (χ1v) is 4.87. The van der Waals surface area contributed by atoms with Gasteiger partial charge in [0.05, 0.1) is 12.1 Å². The molecule has 1 aromatic rings. The second kappa shape index (κ2) is 5.37. The predicted octanol–water partition coefficient (Wildman–Crippen LogP) is 1.85. The maximum Gasteiger partial charge on any atom is 0.303 e. The molecular weight excluding hydrogens is 234 g/mol. The van der Waals surface area contributed by atoms with Crippen molar-refractivity contribution in [2.45, 2.75) is 12.8 Å². The van der Waals surface area contributed by atoms with E-state index in [-0.39, 0.29) is 24.3 Å². The summed E-state index contributed by atoms with van der Waals surface area (Å²) in [5, 5.41) is 20.5. The van der Waals surface area contributed by atoms with Crippen LogP contribution in [-0.4, -0.2) is 22.1 Å². The van der Waals surface area contributed by atoms with Crippen molar-refractivity contribution in [3.63, 3.8) is 0 Å². The van der Waals surface area contributed by atoms with Gasteiger partial charge in [0, 0.05) is 17.5 Å². The molecule has 0 aliphatic rings. The van der Waals surface area contributed by atoms with Crippen LogP contribution in [0.25, 0.3) is 0 Å². The smallest absolute Gasteiger partial charge is 0.303 e. The van der Waals surface area contributed by atoms with E-state index < -0.39 is 11.9 Å². The lowest BCUT2D eigenvalue weighted by Gasteiger charge is -2.06. The number of anilines is 1. The van der Waals surface area contributed by atoms with Gasteiger partial charge in [0.1, 0.15) is 5.75 Å². The van der Waals surface area contributed by atoms with E-state index in [0.717, 1.165) is 0 Å². The zero-order chi connectivity index (χ0) is 12.1. The van der Waals surface area contributed by atoms with Gasteiger partial charge in [0.2, 0.25) is 5.91 Å². The first kappa shape index (κ1) is 12.3. The zero-order valence-corrected chi connectivity index (χ0v) is 8.99. The van der Waals surface area contributed by atoms with Gasteiger partial charge in [-0.3, -0.25) is 9.59 Å². The van der Waals surface area contributed by atoms with Gasteiger partial charge < -0.3 is 15.5 Å². The normalized spacial score (nSPS) is 9.81. The molecule has 0 bridgehead atoms. The highest BCUT2D eigenvalue weighted by Gasteiger charge is 2.08. The number of phenolic OH excluding ortho intramolecular Hbond substituents is 1. The minimum Gasteiger partial charge on any atom is -0.506 e. The lowest BCUT2D eigenvalue weighted by Crippen LogP contribution is -2.13. The summed E-state index contributed by atoms with van der Waals surface area (Å²) >= 11 is 5.61. The summed E-state index contributed by atoms with van der Waals surface area (Å²) in [7, 11) is 0. The standard InChI is InChI=1S/C10H10ClNO4/c11-6-1-2-7(8(13)5-6)12-9(14)3-4-10(15)16/h1-2,5,13H,3-4H2,(H,12,14)(H,15,16). The number of halogens is 1. The van der Waals surface area contributed by atoms with Crippen molar-refractivity contribution in [3.05, 3.63) is 23.2 Å². The number of hydrogen-bond donors (Lipinski definition) is 3. The Morgan fingerprint density at radius 3 is 2.56 bits per heavy atom. The van der Waals surface area contributed by atoms with Gasteiger partial charge in [0.15, 0.2) is 0 Å². The van der Waals surface area contributed by atoms with E-state index in [9.17, 15) is 14.7 Å². The largest absolute Gasteiger partial charge is 0.506 e. The molecule has 5 nitrogen and oxygen atoms in total. The summed E-state index contributed by atoms with van der Waals surface area (Å²) in [5.41, 5.74) is 0.208. The lowest BCUT2D eigenvalue weighted by molar-refractivity contribution is -0.138. The van der Waals surface area contributed by atoms with Gasteiger partial charge in [-0.05, 0) is 12.1 Å². The van der Waals surface area contributed by atoms with Gasteiger partial charge in [-0.15, -0.1) is 0 Å². The fourth-order valence-corrected chi connectivity index (χ4v) is 1.21. The highest BCUT2D eigenvalue weighted by molar-refractivity contribution is 6.30. The van der Waals surface area contributed by atoms with Crippen molar-refractivity contribution < 1.29 is 19.8 Å².